The molecule has 0 fully saturated rings. The summed E-state index contributed by atoms with van der Waals surface area (Å²) in [5.41, 5.74) is 4.69. The van der Waals surface area contributed by atoms with E-state index in [1.807, 2.05) is 30.6 Å². The van der Waals surface area contributed by atoms with Crippen LogP contribution in [0.5, 0.6) is 11.5 Å². The number of aromatic nitrogens is 2. The molecule has 0 saturated carbocycles. The molecule has 0 unspecified atom stereocenters. The molecule has 4 nitrogen and oxygen atoms in total. The third kappa shape index (κ3) is 4.51. The monoisotopic (exact) mass is 364 g/mol. The van der Waals surface area contributed by atoms with Gasteiger partial charge in [-0.1, -0.05) is 32.0 Å². The maximum atomic E-state index is 5.49. The van der Waals surface area contributed by atoms with Crippen LogP contribution in [0.25, 0.3) is 11.3 Å². The Labute approximate surface area is 161 Å². The van der Waals surface area contributed by atoms with Crippen molar-refractivity contribution in [3.8, 4) is 22.8 Å². The summed E-state index contributed by atoms with van der Waals surface area (Å²) in [6.45, 7) is 5.37. The Morgan fingerprint density at radius 2 is 1.70 bits per heavy atom. The van der Waals surface area contributed by atoms with Crippen molar-refractivity contribution in [1.29, 1.82) is 0 Å². The van der Waals surface area contributed by atoms with E-state index in [-0.39, 0.29) is 0 Å². The van der Waals surface area contributed by atoms with E-state index in [1.54, 1.807) is 14.2 Å². The van der Waals surface area contributed by atoms with Crippen molar-refractivity contribution < 1.29 is 9.47 Å². The van der Waals surface area contributed by atoms with E-state index in [1.165, 1.54) is 11.3 Å². The summed E-state index contributed by atoms with van der Waals surface area (Å²) in [5.74, 6) is 2.36. The van der Waals surface area contributed by atoms with Gasteiger partial charge < -0.3 is 14.0 Å². The molecule has 0 atom stereocenters. The minimum Gasteiger partial charge on any atom is -0.497 e. The van der Waals surface area contributed by atoms with Gasteiger partial charge in [0.25, 0.3) is 0 Å². The van der Waals surface area contributed by atoms with Crippen molar-refractivity contribution in [1.82, 2.24) is 9.55 Å². The van der Waals surface area contributed by atoms with Crippen LogP contribution in [0.4, 0.5) is 0 Å². The Balaban J connectivity index is 1.87. The summed E-state index contributed by atoms with van der Waals surface area (Å²) < 4.78 is 13.0. The predicted octanol–water partition coefficient (Wildman–Crippen LogP) is 5.01. The smallest absolute Gasteiger partial charge is 0.122 e. The first-order valence-electron chi connectivity index (χ1n) is 9.42. The van der Waals surface area contributed by atoms with Gasteiger partial charge in [-0.05, 0) is 54.7 Å². The number of benzene rings is 2. The summed E-state index contributed by atoms with van der Waals surface area (Å²) in [6.07, 6.45) is 3.87. The Kier molecular flexibility index (Phi) is 6.17. The molecule has 142 valence electrons. The molecule has 1 aromatic heterocycles. The lowest BCUT2D eigenvalue weighted by atomic mass is 10.0. The van der Waals surface area contributed by atoms with Crippen LogP contribution in [0, 0.1) is 5.92 Å². The van der Waals surface area contributed by atoms with Crippen LogP contribution in [0.1, 0.15) is 25.1 Å². The molecule has 27 heavy (non-hydrogen) atoms. The van der Waals surface area contributed by atoms with Crippen molar-refractivity contribution in [2.75, 3.05) is 14.2 Å². The average molecular weight is 364 g/mol. The fraction of sp³-hybridized carbons (Fsp3) is 0.348. The minimum absolute atomic E-state index is 0.559. The highest BCUT2D eigenvalue weighted by molar-refractivity contribution is 5.63. The zero-order valence-electron chi connectivity index (χ0n) is 16.6. The lowest BCUT2D eigenvalue weighted by molar-refractivity contribution is 0.408. The van der Waals surface area contributed by atoms with Crippen molar-refractivity contribution in [3.05, 3.63) is 66.1 Å². The third-order valence-electron chi connectivity index (χ3n) is 4.73. The van der Waals surface area contributed by atoms with Gasteiger partial charge in [0.2, 0.25) is 0 Å². The number of aryl methyl sites for hydroxylation is 2. The van der Waals surface area contributed by atoms with Crippen LogP contribution >= 0.6 is 0 Å². The number of hydrogen-bond donors (Lipinski definition) is 0. The number of hydrogen-bond acceptors (Lipinski definition) is 3. The molecule has 0 bridgehead atoms. The van der Waals surface area contributed by atoms with E-state index < -0.39 is 0 Å². The normalized spacial score (nSPS) is 11.0. The number of para-hydroxylation sites is 1. The fourth-order valence-electron chi connectivity index (χ4n) is 3.34. The molecule has 0 radical (unpaired) electrons. The molecule has 0 saturated heterocycles. The molecule has 3 aromatic rings. The lowest BCUT2D eigenvalue weighted by Gasteiger charge is -2.14. The molecule has 0 spiro atoms. The van der Waals surface area contributed by atoms with Crippen molar-refractivity contribution in [2.24, 2.45) is 5.92 Å². The molecule has 3 rings (SSSR count). The van der Waals surface area contributed by atoms with E-state index in [2.05, 4.69) is 42.7 Å². The van der Waals surface area contributed by atoms with Gasteiger partial charge in [0.15, 0.2) is 0 Å². The first kappa shape index (κ1) is 19.0. The second-order valence-electron chi connectivity index (χ2n) is 7.12. The zero-order valence-corrected chi connectivity index (χ0v) is 16.6. The van der Waals surface area contributed by atoms with Gasteiger partial charge in [-0.3, -0.25) is 0 Å². The maximum absolute atomic E-state index is 5.49. The minimum atomic E-state index is 0.559. The van der Waals surface area contributed by atoms with Gasteiger partial charge in [0.05, 0.1) is 26.2 Å². The summed E-state index contributed by atoms with van der Waals surface area (Å²) in [7, 11) is 3.41. The highest BCUT2D eigenvalue weighted by Gasteiger charge is 2.15. The first-order chi connectivity index (χ1) is 13.1. The molecular weight excluding hydrogens is 336 g/mol. The fourth-order valence-corrected chi connectivity index (χ4v) is 3.34. The van der Waals surface area contributed by atoms with E-state index in [0.29, 0.717) is 5.92 Å². The molecule has 2 aromatic carbocycles. The number of nitrogens with zero attached hydrogens (tertiary/aromatic N) is 2. The number of imidazole rings is 1. The predicted molar refractivity (Wildman–Crippen MR) is 109 cm³/mol. The van der Waals surface area contributed by atoms with E-state index in [0.717, 1.165) is 42.1 Å². The van der Waals surface area contributed by atoms with Gasteiger partial charge in [0.1, 0.15) is 11.5 Å². The molecule has 4 heteroatoms. The molecule has 0 amide bonds. The first-order valence-corrected chi connectivity index (χ1v) is 9.42. The quantitative estimate of drug-likeness (QED) is 0.564. The van der Waals surface area contributed by atoms with Crippen LogP contribution in [0.15, 0.2) is 54.9 Å². The molecular formula is C23H28N2O2. The molecule has 0 aliphatic rings. The van der Waals surface area contributed by atoms with E-state index in [4.69, 9.17) is 14.5 Å². The van der Waals surface area contributed by atoms with Crippen LogP contribution in [-0.4, -0.2) is 23.8 Å². The number of methoxy groups -OCH3 is 2. The second-order valence-corrected chi connectivity index (χ2v) is 7.12. The summed E-state index contributed by atoms with van der Waals surface area (Å²) in [5, 5.41) is 0. The third-order valence-corrected chi connectivity index (χ3v) is 4.73. The summed E-state index contributed by atoms with van der Waals surface area (Å²) >= 11 is 0. The maximum Gasteiger partial charge on any atom is 0.122 e. The summed E-state index contributed by atoms with van der Waals surface area (Å²) in [4.78, 5) is 4.74. The SMILES string of the molecule is COc1ccc(-c2ncn(CCc3ccccc3OC)c2CC(C)C)cc1. The van der Waals surface area contributed by atoms with Crippen molar-refractivity contribution in [3.63, 3.8) is 0 Å². The van der Waals surface area contributed by atoms with Crippen LogP contribution in [0.2, 0.25) is 0 Å². The molecule has 1 heterocycles. The Bertz CT molecular complexity index is 866. The van der Waals surface area contributed by atoms with Crippen molar-refractivity contribution in [2.45, 2.75) is 33.2 Å². The number of ether oxygens (including phenoxy) is 2. The van der Waals surface area contributed by atoms with Gasteiger partial charge in [0, 0.05) is 17.8 Å². The Morgan fingerprint density at radius 3 is 2.37 bits per heavy atom. The van der Waals surface area contributed by atoms with Gasteiger partial charge >= 0.3 is 0 Å². The zero-order chi connectivity index (χ0) is 19.2. The molecule has 0 aliphatic carbocycles. The number of rotatable bonds is 8. The van der Waals surface area contributed by atoms with Crippen LogP contribution < -0.4 is 9.47 Å². The standard InChI is InChI=1S/C23H28N2O2/c1-17(2)15-21-23(19-9-11-20(26-3)12-10-19)24-16-25(21)14-13-18-7-5-6-8-22(18)27-4/h5-12,16-17H,13-15H2,1-4H3. The molecule has 0 aliphatic heterocycles. The highest BCUT2D eigenvalue weighted by Crippen LogP contribution is 2.27. The second kappa shape index (κ2) is 8.76. The van der Waals surface area contributed by atoms with Gasteiger partial charge in [-0.2, -0.15) is 0 Å². The van der Waals surface area contributed by atoms with Crippen molar-refractivity contribution >= 4 is 0 Å². The van der Waals surface area contributed by atoms with Gasteiger partial charge in [-0.25, -0.2) is 4.98 Å². The largest absolute Gasteiger partial charge is 0.497 e. The van der Waals surface area contributed by atoms with E-state index in [9.17, 15) is 0 Å². The lowest BCUT2D eigenvalue weighted by Crippen LogP contribution is -2.08. The van der Waals surface area contributed by atoms with Crippen LogP contribution in [-0.2, 0) is 19.4 Å². The van der Waals surface area contributed by atoms with Crippen LogP contribution in [0.3, 0.4) is 0 Å². The topological polar surface area (TPSA) is 36.3 Å². The molecule has 0 N–H and O–H groups in total. The average Bonchev–Trinajstić information content (AvgIpc) is 3.08. The Hall–Kier alpha value is -2.75. The Morgan fingerprint density at radius 1 is 0.963 bits per heavy atom. The highest BCUT2D eigenvalue weighted by atomic mass is 16.5. The summed E-state index contributed by atoms with van der Waals surface area (Å²) in [6, 6.07) is 16.3. The van der Waals surface area contributed by atoms with E-state index >= 15 is 0 Å². The van der Waals surface area contributed by atoms with Gasteiger partial charge in [-0.15, -0.1) is 0 Å².